The number of rotatable bonds is 3. The molecule has 1 aromatic rings. The third-order valence-electron chi connectivity index (χ3n) is 5.83. The Bertz CT molecular complexity index is 660. The number of piperazine rings is 1. The van der Waals surface area contributed by atoms with Crippen molar-refractivity contribution in [2.45, 2.75) is 45.8 Å². The molecule has 2 aliphatic heterocycles. The topological polar surface area (TPSA) is 48.7 Å². The van der Waals surface area contributed by atoms with Crippen LogP contribution in [0.3, 0.4) is 0 Å². The average Bonchev–Trinajstić information content (AvgIpc) is 2.82. The highest BCUT2D eigenvalue weighted by Crippen LogP contribution is 2.36. The van der Waals surface area contributed by atoms with Gasteiger partial charge in [0.1, 0.15) is 6.07 Å². The second kappa shape index (κ2) is 6.64. The van der Waals surface area contributed by atoms with E-state index in [1.807, 2.05) is 45.9 Å². The molecule has 6 heteroatoms. The molecule has 2 heterocycles. The van der Waals surface area contributed by atoms with Gasteiger partial charge in [0.25, 0.3) is 0 Å². The second-order valence-corrected chi connectivity index (χ2v) is 7.90. The standard InChI is InChI=1S/C19H28BN3O2/c1-6-22-9-11-23(12-10-22)17-8-7-16(13-15(17)14-21)20-24-18(2,3)19(4,5)25-20/h7-8,13H,6,9-12H2,1-5H3. The van der Waals surface area contributed by atoms with Crippen molar-refractivity contribution in [2.75, 3.05) is 37.6 Å². The summed E-state index contributed by atoms with van der Waals surface area (Å²) in [6, 6.07) is 8.35. The van der Waals surface area contributed by atoms with Crippen LogP contribution in [0.4, 0.5) is 5.69 Å². The largest absolute Gasteiger partial charge is 0.494 e. The fourth-order valence-corrected chi connectivity index (χ4v) is 3.35. The molecule has 0 unspecified atom stereocenters. The van der Waals surface area contributed by atoms with Crippen molar-refractivity contribution < 1.29 is 9.31 Å². The molecule has 0 saturated carbocycles. The van der Waals surface area contributed by atoms with Crippen LogP contribution in [0.15, 0.2) is 18.2 Å². The van der Waals surface area contributed by atoms with E-state index < -0.39 is 7.12 Å². The van der Waals surface area contributed by atoms with Crippen molar-refractivity contribution in [1.82, 2.24) is 4.90 Å². The first-order chi connectivity index (χ1) is 11.8. The normalized spacial score (nSPS) is 22.9. The first kappa shape index (κ1) is 18.3. The van der Waals surface area contributed by atoms with E-state index in [9.17, 15) is 5.26 Å². The summed E-state index contributed by atoms with van der Waals surface area (Å²) >= 11 is 0. The molecule has 0 radical (unpaired) electrons. The zero-order valence-electron chi connectivity index (χ0n) is 16.0. The lowest BCUT2D eigenvalue weighted by atomic mass is 9.78. The summed E-state index contributed by atoms with van der Waals surface area (Å²) in [5.74, 6) is 0. The van der Waals surface area contributed by atoms with Crippen LogP contribution in [0.1, 0.15) is 40.2 Å². The number of nitriles is 1. The highest BCUT2D eigenvalue weighted by molar-refractivity contribution is 6.62. The van der Waals surface area contributed by atoms with Crippen LogP contribution in [0, 0.1) is 11.3 Å². The van der Waals surface area contributed by atoms with Gasteiger partial charge in [0.15, 0.2) is 0 Å². The molecule has 0 bridgehead atoms. The van der Waals surface area contributed by atoms with Crippen LogP contribution in [0.5, 0.6) is 0 Å². The van der Waals surface area contributed by atoms with Gasteiger partial charge in [-0.15, -0.1) is 0 Å². The zero-order valence-corrected chi connectivity index (χ0v) is 16.0. The van der Waals surface area contributed by atoms with Gasteiger partial charge in [-0.05, 0) is 51.8 Å². The highest BCUT2D eigenvalue weighted by atomic mass is 16.7. The van der Waals surface area contributed by atoms with Crippen molar-refractivity contribution in [1.29, 1.82) is 5.26 Å². The maximum absolute atomic E-state index is 9.65. The Kier molecular flexibility index (Phi) is 4.85. The van der Waals surface area contributed by atoms with Crippen molar-refractivity contribution in [3.8, 4) is 6.07 Å². The minimum Gasteiger partial charge on any atom is -0.399 e. The van der Waals surface area contributed by atoms with Crippen molar-refractivity contribution in [2.24, 2.45) is 0 Å². The van der Waals surface area contributed by atoms with E-state index in [4.69, 9.17) is 9.31 Å². The Balaban J connectivity index is 1.81. The summed E-state index contributed by atoms with van der Waals surface area (Å²) in [7, 11) is -0.428. The molecule has 1 aromatic carbocycles. The maximum atomic E-state index is 9.65. The minimum absolute atomic E-state index is 0.375. The van der Waals surface area contributed by atoms with E-state index in [0.29, 0.717) is 5.56 Å². The van der Waals surface area contributed by atoms with E-state index in [1.165, 1.54) is 0 Å². The van der Waals surface area contributed by atoms with E-state index in [-0.39, 0.29) is 11.2 Å². The first-order valence-corrected chi connectivity index (χ1v) is 9.14. The van der Waals surface area contributed by atoms with E-state index in [2.05, 4.69) is 22.8 Å². The summed E-state index contributed by atoms with van der Waals surface area (Å²) in [5, 5.41) is 9.65. The number of hydrogen-bond donors (Lipinski definition) is 0. The Morgan fingerprint density at radius 3 is 2.20 bits per heavy atom. The van der Waals surface area contributed by atoms with Crippen LogP contribution in [0.25, 0.3) is 0 Å². The molecular weight excluding hydrogens is 313 g/mol. The molecule has 2 fully saturated rings. The molecule has 2 saturated heterocycles. The molecule has 0 aliphatic carbocycles. The van der Waals surface area contributed by atoms with Gasteiger partial charge in [0, 0.05) is 26.2 Å². The Morgan fingerprint density at radius 2 is 1.68 bits per heavy atom. The van der Waals surface area contributed by atoms with Gasteiger partial charge in [-0.25, -0.2) is 0 Å². The predicted octanol–water partition coefficient (Wildman–Crippen LogP) is 2.00. The highest BCUT2D eigenvalue weighted by Gasteiger charge is 2.51. The molecule has 134 valence electrons. The lowest BCUT2D eigenvalue weighted by Gasteiger charge is -2.36. The third-order valence-corrected chi connectivity index (χ3v) is 5.83. The van der Waals surface area contributed by atoms with Gasteiger partial charge < -0.3 is 19.1 Å². The monoisotopic (exact) mass is 341 g/mol. The van der Waals surface area contributed by atoms with Crippen LogP contribution < -0.4 is 10.4 Å². The molecule has 0 aromatic heterocycles. The van der Waals surface area contributed by atoms with Gasteiger partial charge in [0.2, 0.25) is 0 Å². The Labute approximate surface area is 151 Å². The van der Waals surface area contributed by atoms with Gasteiger partial charge in [-0.3, -0.25) is 0 Å². The lowest BCUT2D eigenvalue weighted by Crippen LogP contribution is -2.46. The predicted molar refractivity (Wildman–Crippen MR) is 101 cm³/mol. The molecule has 5 nitrogen and oxygen atoms in total. The van der Waals surface area contributed by atoms with E-state index >= 15 is 0 Å². The fourth-order valence-electron chi connectivity index (χ4n) is 3.35. The van der Waals surface area contributed by atoms with Crippen molar-refractivity contribution in [3.05, 3.63) is 23.8 Å². The van der Waals surface area contributed by atoms with Crippen molar-refractivity contribution in [3.63, 3.8) is 0 Å². The zero-order chi connectivity index (χ0) is 18.2. The SMILES string of the molecule is CCN1CCN(c2ccc(B3OC(C)(C)C(C)(C)O3)cc2C#N)CC1. The van der Waals surface area contributed by atoms with Crippen LogP contribution >= 0.6 is 0 Å². The average molecular weight is 341 g/mol. The summed E-state index contributed by atoms with van der Waals surface area (Å²) < 4.78 is 12.2. The maximum Gasteiger partial charge on any atom is 0.494 e. The number of benzene rings is 1. The first-order valence-electron chi connectivity index (χ1n) is 9.14. The minimum atomic E-state index is -0.428. The summed E-state index contributed by atoms with van der Waals surface area (Å²) in [6.07, 6.45) is 0. The number of likely N-dealkylation sites (N-methyl/N-ethyl adjacent to an activating group) is 1. The van der Waals surface area contributed by atoms with Crippen LogP contribution in [0.2, 0.25) is 0 Å². The molecule has 2 aliphatic rings. The lowest BCUT2D eigenvalue weighted by molar-refractivity contribution is 0.00578. The molecule has 0 amide bonds. The quantitative estimate of drug-likeness (QED) is 0.787. The molecule has 3 rings (SSSR count). The number of anilines is 1. The van der Waals surface area contributed by atoms with Crippen LogP contribution in [-0.2, 0) is 9.31 Å². The van der Waals surface area contributed by atoms with Crippen LogP contribution in [-0.4, -0.2) is 55.9 Å². The second-order valence-electron chi connectivity index (χ2n) is 7.90. The third kappa shape index (κ3) is 3.41. The molecule has 0 atom stereocenters. The molecule has 25 heavy (non-hydrogen) atoms. The number of nitrogens with zero attached hydrogens (tertiary/aromatic N) is 3. The Morgan fingerprint density at radius 1 is 1.08 bits per heavy atom. The van der Waals surface area contributed by atoms with E-state index in [0.717, 1.165) is 43.9 Å². The summed E-state index contributed by atoms with van der Waals surface area (Å²) in [5.41, 5.74) is 1.86. The van der Waals surface area contributed by atoms with Gasteiger partial charge in [-0.2, -0.15) is 5.26 Å². The van der Waals surface area contributed by atoms with Gasteiger partial charge in [0.05, 0.1) is 22.5 Å². The fraction of sp³-hybridized carbons (Fsp3) is 0.632. The van der Waals surface area contributed by atoms with Gasteiger partial charge >= 0.3 is 7.12 Å². The smallest absolute Gasteiger partial charge is 0.399 e. The Hall–Kier alpha value is -1.55. The molecule has 0 N–H and O–H groups in total. The van der Waals surface area contributed by atoms with E-state index in [1.54, 1.807) is 0 Å². The number of hydrogen-bond acceptors (Lipinski definition) is 5. The molecular formula is C19H28BN3O2. The molecule has 0 spiro atoms. The summed E-state index contributed by atoms with van der Waals surface area (Å²) in [4.78, 5) is 4.74. The summed E-state index contributed by atoms with van der Waals surface area (Å²) in [6.45, 7) is 15.4. The van der Waals surface area contributed by atoms with Gasteiger partial charge in [-0.1, -0.05) is 13.0 Å². The van der Waals surface area contributed by atoms with Crippen molar-refractivity contribution >= 4 is 18.3 Å².